The summed E-state index contributed by atoms with van der Waals surface area (Å²) in [6, 6.07) is 3.68. The first-order chi connectivity index (χ1) is 7.35. The van der Waals surface area contributed by atoms with E-state index < -0.39 is 5.54 Å². The highest BCUT2D eigenvalue weighted by atomic mass is 16.3. The van der Waals surface area contributed by atoms with Crippen molar-refractivity contribution in [3.05, 3.63) is 28.8 Å². The maximum atomic E-state index is 10.7. The van der Waals surface area contributed by atoms with E-state index in [-0.39, 0.29) is 0 Å². The molecule has 0 bridgehead atoms. The summed E-state index contributed by atoms with van der Waals surface area (Å²) in [5, 5.41) is 9.60. The zero-order valence-corrected chi connectivity index (χ0v) is 10.1. The molecule has 0 spiro atoms. The van der Waals surface area contributed by atoms with E-state index in [0.717, 1.165) is 23.0 Å². The van der Waals surface area contributed by atoms with Crippen LogP contribution in [0.2, 0.25) is 0 Å². The second kappa shape index (κ2) is 4.47. The molecule has 0 unspecified atom stereocenters. The minimum atomic E-state index is -0.695. The average molecular weight is 219 g/mol. The fraction of sp³-hybridized carbons (Fsp3) is 0.385. The van der Waals surface area contributed by atoms with Gasteiger partial charge in [-0.25, -0.2) is 0 Å². The quantitative estimate of drug-likeness (QED) is 0.627. The number of carbonyl (C=O) groups excluding carboxylic acids is 1. The molecule has 0 aliphatic heterocycles. The number of rotatable bonds is 3. The summed E-state index contributed by atoms with van der Waals surface area (Å²) >= 11 is 0. The second-order valence-electron chi connectivity index (χ2n) is 4.53. The normalized spacial score (nSPS) is 12.0. The van der Waals surface area contributed by atoms with E-state index in [1.54, 1.807) is 20.1 Å². The molecular formula is C13H17NO2. The maximum Gasteiger partial charge on any atom is 0.146 e. The number of carbonyl (C=O) groups is 1. The minimum Gasteiger partial charge on any atom is -0.507 e. The van der Waals surface area contributed by atoms with Crippen LogP contribution in [0.1, 0.15) is 30.5 Å². The Kier molecular flexibility index (Phi) is 3.48. The summed E-state index contributed by atoms with van der Waals surface area (Å²) in [6.07, 6.45) is 2.47. The van der Waals surface area contributed by atoms with Gasteiger partial charge in [0.2, 0.25) is 0 Å². The molecule has 0 aromatic heterocycles. The first kappa shape index (κ1) is 12.4. The number of phenols is 1. The van der Waals surface area contributed by atoms with Gasteiger partial charge in [-0.1, -0.05) is 0 Å². The van der Waals surface area contributed by atoms with Crippen LogP contribution >= 0.6 is 0 Å². The maximum absolute atomic E-state index is 10.7. The standard InChI is InChI=1S/C13H17NO2/c1-9-5-11(6-10(2)12(9)16)7-14-13(3,4)8-15/h5-8,16H,1-4H3. The number of nitrogens with zero attached hydrogens (tertiary/aromatic N) is 1. The molecule has 1 aromatic rings. The molecule has 1 aromatic carbocycles. The van der Waals surface area contributed by atoms with Gasteiger partial charge >= 0.3 is 0 Å². The Labute approximate surface area is 95.8 Å². The van der Waals surface area contributed by atoms with Crippen LogP contribution < -0.4 is 0 Å². The lowest BCUT2D eigenvalue weighted by Gasteiger charge is -2.10. The highest BCUT2D eigenvalue weighted by Gasteiger charge is 2.12. The van der Waals surface area contributed by atoms with E-state index in [1.807, 2.05) is 26.0 Å². The van der Waals surface area contributed by atoms with E-state index >= 15 is 0 Å². The van der Waals surface area contributed by atoms with Gasteiger partial charge < -0.3 is 9.90 Å². The van der Waals surface area contributed by atoms with Gasteiger partial charge in [-0.15, -0.1) is 0 Å². The lowest BCUT2D eigenvalue weighted by molar-refractivity contribution is -0.111. The van der Waals surface area contributed by atoms with E-state index in [9.17, 15) is 9.90 Å². The number of benzene rings is 1. The number of aromatic hydroxyl groups is 1. The van der Waals surface area contributed by atoms with Gasteiger partial charge in [-0.2, -0.15) is 0 Å². The number of aryl methyl sites for hydroxylation is 2. The third-order valence-corrected chi connectivity index (χ3v) is 2.35. The van der Waals surface area contributed by atoms with Crippen molar-refractivity contribution in [1.82, 2.24) is 0 Å². The fourth-order valence-electron chi connectivity index (χ4n) is 1.34. The molecule has 16 heavy (non-hydrogen) atoms. The van der Waals surface area contributed by atoms with Gasteiger partial charge in [0.25, 0.3) is 0 Å². The van der Waals surface area contributed by atoms with Crippen LogP contribution in [0.5, 0.6) is 5.75 Å². The number of aldehydes is 1. The zero-order chi connectivity index (χ0) is 12.3. The highest BCUT2D eigenvalue weighted by Crippen LogP contribution is 2.22. The third kappa shape index (κ3) is 2.92. The SMILES string of the molecule is Cc1cc(C=NC(C)(C)C=O)cc(C)c1O. The number of aliphatic imine (C=N–C) groups is 1. The lowest BCUT2D eigenvalue weighted by Crippen LogP contribution is -2.18. The zero-order valence-electron chi connectivity index (χ0n) is 10.1. The third-order valence-electron chi connectivity index (χ3n) is 2.35. The van der Waals surface area contributed by atoms with Crippen LogP contribution in [0.4, 0.5) is 0 Å². The van der Waals surface area contributed by atoms with E-state index in [0.29, 0.717) is 5.75 Å². The molecule has 0 fully saturated rings. The molecule has 86 valence electrons. The molecule has 0 saturated heterocycles. The summed E-state index contributed by atoms with van der Waals surface area (Å²) in [4.78, 5) is 14.9. The predicted octanol–water partition coefficient (Wildman–Crippen LogP) is 2.41. The van der Waals surface area contributed by atoms with E-state index in [4.69, 9.17) is 0 Å². The van der Waals surface area contributed by atoms with Crippen molar-refractivity contribution in [1.29, 1.82) is 0 Å². The smallest absolute Gasteiger partial charge is 0.146 e. The van der Waals surface area contributed by atoms with Crippen LogP contribution in [0.15, 0.2) is 17.1 Å². The van der Waals surface area contributed by atoms with Gasteiger partial charge in [-0.05, 0) is 56.5 Å². The fourth-order valence-corrected chi connectivity index (χ4v) is 1.34. The minimum absolute atomic E-state index is 0.312. The number of hydrogen-bond donors (Lipinski definition) is 1. The van der Waals surface area contributed by atoms with E-state index in [1.165, 1.54) is 0 Å². The molecule has 0 saturated carbocycles. The van der Waals surface area contributed by atoms with Crippen LogP contribution in [0.25, 0.3) is 0 Å². The van der Waals surface area contributed by atoms with Gasteiger partial charge in [0.15, 0.2) is 0 Å². The molecule has 3 heteroatoms. The summed E-state index contributed by atoms with van der Waals surface area (Å²) < 4.78 is 0. The monoisotopic (exact) mass is 219 g/mol. The Hall–Kier alpha value is -1.64. The molecular weight excluding hydrogens is 202 g/mol. The summed E-state index contributed by atoms with van der Waals surface area (Å²) in [7, 11) is 0. The van der Waals surface area contributed by atoms with E-state index in [2.05, 4.69) is 4.99 Å². The molecule has 3 nitrogen and oxygen atoms in total. The van der Waals surface area contributed by atoms with Crippen LogP contribution in [0.3, 0.4) is 0 Å². The molecule has 0 amide bonds. The van der Waals surface area contributed by atoms with Gasteiger partial charge in [0.05, 0.1) is 0 Å². The largest absolute Gasteiger partial charge is 0.507 e. The van der Waals surface area contributed by atoms with Gasteiger partial charge in [0, 0.05) is 6.21 Å². The molecule has 0 aliphatic carbocycles. The molecule has 1 rings (SSSR count). The van der Waals surface area contributed by atoms with Gasteiger partial charge in [0.1, 0.15) is 17.6 Å². The van der Waals surface area contributed by atoms with Crippen molar-refractivity contribution in [2.24, 2.45) is 4.99 Å². The molecule has 0 heterocycles. The van der Waals surface area contributed by atoms with Crippen LogP contribution in [-0.4, -0.2) is 23.1 Å². The Bertz CT molecular complexity index is 411. The summed E-state index contributed by atoms with van der Waals surface area (Å²) in [5.41, 5.74) is 1.82. The van der Waals surface area contributed by atoms with Crippen molar-refractivity contribution >= 4 is 12.5 Å². The lowest BCUT2D eigenvalue weighted by atomic mass is 10.1. The molecule has 0 radical (unpaired) electrons. The van der Waals surface area contributed by atoms with Crippen molar-refractivity contribution in [2.75, 3.05) is 0 Å². The Morgan fingerprint density at radius 2 is 1.75 bits per heavy atom. The number of hydrogen-bond acceptors (Lipinski definition) is 3. The second-order valence-corrected chi connectivity index (χ2v) is 4.53. The summed E-state index contributed by atoms with van der Waals surface area (Å²) in [6.45, 7) is 7.17. The van der Waals surface area contributed by atoms with Crippen LogP contribution in [-0.2, 0) is 4.79 Å². The topological polar surface area (TPSA) is 49.7 Å². The van der Waals surface area contributed by atoms with Crippen molar-refractivity contribution in [3.63, 3.8) is 0 Å². The van der Waals surface area contributed by atoms with Crippen molar-refractivity contribution in [2.45, 2.75) is 33.2 Å². The molecule has 0 atom stereocenters. The first-order valence-electron chi connectivity index (χ1n) is 5.17. The first-order valence-corrected chi connectivity index (χ1v) is 5.17. The Balaban J connectivity index is 3.04. The predicted molar refractivity (Wildman–Crippen MR) is 65.3 cm³/mol. The summed E-state index contributed by atoms with van der Waals surface area (Å²) in [5.74, 6) is 0.312. The van der Waals surface area contributed by atoms with Crippen molar-refractivity contribution < 1.29 is 9.90 Å². The Morgan fingerprint density at radius 3 is 2.19 bits per heavy atom. The average Bonchev–Trinajstić information content (AvgIpc) is 2.23. The number of phenolic OH excluding ortho intramolecular Hbond substituents is 1. The molecule has 0 aliphatic rings. The highest BCUT2D eigenvalue weighted by molar-refractivity contribution is 5.83. The van der Waals surface area contributed by atoms with Gasteiger partial charge in [-0.3, -0.25) is 4.99 Å². The Morgan fingerprint density at radius 1 is 1.25 bits per heavy atom. The van der Waals surface area contributed by atoms with Crippen molar-refractivity contribution in [3.8, 4) is 5.75 Å². The van der Waals surface area contributed by atoms with Crippen LogP contribution in [0, 0.1) is 13.8 Å². The molecule has 1 N–H and O–H groups in total.